The molecule has 0 spiro atoms. The maximum atomic E-state index is 12.6. The summed E-state index contributed by atoms with van der Waals surface area (Å²) in [5.41, 5.74) is 1.40. The van der Waals surface area contributed by atoms with E-state index in [2.05, 4.69) is 5.32 Å². The van der Waals surface area contributed by atoms with Crippen LogP contribution >= 0.6 is 11.8 Å². The van der Waals surface area contributed by atoms with Crippen LogP contribution in [-0.2, 0) is 25.5 Å². The van der Waals surface area contributed by atoms with E-state index in [9.17, 15) is 19.2 Å². The van der Waals surface area contributed by atoms with Crippen molar-refractivity contribution in [2.24, 2.45) is 0 Å². The highest BCUT2D eigenvalue weighted by Crippen LogP contribution is 2.30. The summed E-state index contributed by atoms with van der Waals surface area (Å²) in [6, 6.07) is 17.3. The van der Waals surface area contributed by atoms with E-state index < -0.39 is 17.4 Å². The molecule has 1 heterocycles. The fourth-order valence-corrected chi connectivity index (χ4v) is 4.45. The Hall–Kier alpha value is -3.13. The van der Waals surface area contributed by atoms with E-state index in [4.69, 9.17) is 4.74 Å². The van der Waals surface area contributed by atoms with Crippen LogP contribution in [-0.4, -0.2) is 58.8 Å². The van der Waals surface area contributed by atoms with Crippen LogP contribution in [0.4, 0.5) is 0 Å². The Bertz CT molecular complexity index is 935. The lowest BCUT2D eigenvalue weighted by Crippen LogP contribution is -2.70. The van der Waals surface area contributed by atoms with Gasteiger partial charge in [0.15, 0.2) is 5.78 Å². The zero-order valence-electron chi connectivity index (χ0n) is 17.2. The summed E-state index contributed by atoms with van der Waals surface area (Å²) in [6.07, 6.45) is 0.142. The van der Waals surface area contributed by atoms with Gasteiger partial charge in [0.05, 0.1) is 18.8 Å². The molecule has 1 saturated heterocycles. The van der Waals surface area contributed by atoms with E-state index in [0.717, 1.165) is 5.56 Å². The molecule has 7 nitrogen and oxygen atoms in total. The van der Waals surface area contributed by atoms with Crippen LogP contribution in [0, 0.1) is 0 Å². The van der Waals surface area contributed by atoms with Gasteiger partial charge in [-0.15, -0.1) is 11.8 Å². The van der Waals surface area contributed by atoms with E-state index >= 15 is 0 Å². The van der Waals surface area contributed by atoms with Gasteiger partial charge in [-0.1, -0.05) is 60.7 Å². The van der Waals surface area contributed by atoms with Gasteiger partial charge in [-0.2, -0.15) is 0 Å². The second kappa shape index (κ2) is 10.8. The Labute approximate surface area is 185 Å². The number of β-lactam (4-membered cyclic amide) rings is 1. The van der Waals surface area contributed by atoms with Crippen LogP contribution in [0.5, 0.6) is 0 Å². The Morgan fingerprint density at radius 2 is 1.68 bits per heavy atom. The van der Waals surface area contributed by atoms with Gasteiger partial charge in [0, 0.05) is 5.56 Å². The standard InChI is InChI=1S/C23H24N2O5S/c1-2-30-20(28)14-25-22(29)21(24-19(27)13-16-9-5-3-6-10-16)23(25)31-15-18(26)17-11-7-4-8-12-17/h3-12,21,23H,2,13-15H2,1H3,(H,24,27)/t21-,23-/m1/s1. The van der Waals surface area contributed by atoms with Crippen molar-refractivity contribution in [1.29, 1.82) is 0 Å². The number of thioether (sulfide) groups is 1. The minimum Gasteiger partial charge on any atom is -0.465 e. The number of benzene rings is 2. The van der Waals surface area contributed by atoms with Crippen molar-refractivity contribution in [2.45, 2.75) is 24.8 Å². The number of likely N-dealkylation sites (tertiary alicyclic amines) is 1. The van der Waals surface area contributed by atoms with Crippen molar-refractivity contribution in [3.05, 3.63) is 71.8 Å². The monoisotopic (exact) mass is 440 g/mol. The van der Waals surface area contributed by atoms with Crippen LogP contribution in [0.25, 0.3) is 0 Å². The van der Waals surface area contributed by atoms with Gasteiger partial charge in [-0.25, -0.2) is 0 Å². The molecule has 0 aromatic heterocycles. The Morgan fingerprint density at radius 3 is 2.32 bits per heavy atom. The predicted molar refractivity (Wildman–Crippen MR) is 117 cm³/mol. The highest BCUT2D eigenvalue weighted by molar-refractivity contribution is 8.00. The predicted octanol–water partition coefficient (Wildman–Crippen LogP) is 2.06. The first-order valence-electron chi connectivity index (χ1n) is 9.99. The molecule has 1 aliphatic heterocycles. The Balaban J connectivity index is 1.64. The summed E-state index contributed by atoms with van der Waals surface area (Å²) in [7, 11) is 0. The molecule has 162 valence electrons. The van der Waals surface area contributed by atoms with Crippen molar-refractivity contribution in [3.8, 4) is 0 Å². The average Bonchev–Trinajstić information content (AvgIpc) is 2.78. The van der Waals surface area contributed by atoms with Gasteiger partial charge in [-0.05, 0) is 12.5 Å². The molecule has 2 aromatic carbocycles. The molecule has 1 N–H and O–H groups in total. The minimum absolute atomic E-state index is 0.0876. The number of esters is 1. The number of hydrogen-bond donors (Lipinski definition) is 1. The van der Waals surface area contributed by atoms with E-state index in [1.54, 1.807) is 31.2 Å². The van der Waals surface area contributed by atoms with Gasteiger partial charge in [0.25, 0.3) is 0 Å². The van der Waals surface area contributed by atoms with Crippen LogP contribution in [0.1, 0.15) is 22.8 Å². The summed E-state index contributed by atoms with van der Waals surface area (Å²) in [5, 5.41) is 2.23. The van der Waals surface area contributed by atoms with Crippen LogP contribution < -0.4 is 5.32 Å². The number of hydrogen-bond acceptors (Lipinski definition) is 6. The Morgan fingerprint density at radius 1 is 1.03 bits per heavy atom. The molecule has 2 atom stereocenters. The van der Waals surface area contributed by atoms with Crippen LogP contribution in [0.2, 0.25) is 0 Å². The molecule has 0 aliphatic carbocycles. The van der Waals surface area contributed by atoms with E-state index in [-0.39, 0.29) is 42.9 Å². The minimum atomic E-state index is -0.792. The highest BCUT2D eigenvalue weighted by Gasteiger charge is 2.49. The molecule has 1 aliphatic rings. The maximum Gasteiger partial charge on any atom is 0.325 e. The molecular formula is C23H24N2O5S. The van der Waals surface area contributed by atoms with Crippen LogP contribution in [0.3, 0.4) is 0 Å². The maximum absolute atomic E-state index is 12.6. The molecular weight excluding hydrogens is 416 g/mol. The van der Waals surface area contributed by atoms with E-state index in [1.807, 2.05) is 36.4 Å². The third kappa shape index (κ3) is 5.95. The van der Waals surface area contributed by atoms with Crippen molar-refractivity contribution in [3.63, 3.8) is 0 Å². The summed E-state index contributed by atoms with van der Waals surface area (Å²) < 4.78 is 4.94. The van der Waals surface area contributed by atoms with Crippen molar-refractivity contribution in [1.82, 2.24) is 10.2 Å². The molecule has 0 unspecified atom stereocenters. The first-order valence-corrected chi connectivity index (χ1v) is 11.0. The van der Waals surface area contributed by atoms with E-state index in [1.165, 1.54) is 16.7 Å². The number of Topliss-reactive ketones (excluding diaryl/α,β-unsaturated/α-hetero) is 1. The summed E-state index contributed by atoms with van der Waals surface area (Å²) in [6.45, 7) is 1.69. The average molecular weight is 441 g/mol. The summed E-state index contributed by atoms with van der Waals surface area (Å²) >= 11 is 1.23. The van der Waals surface area contributed by atoms with E-state index in [0.29, 0.717) is 5.56 Å². The number of rotatable bonds is 10. The molecule has 31 heavy (non-hydrogen) atoms. The van der Waals surface area contributed by atoms with Gasteiger partial charge < -0.3 is 15.0 Å². The number of amides is 2. The van der Waals surface area contributed by atoms with Crippen molar-refractivity contribution < 1.29 is 23.9 Å². The number of nitrogens with zero attached hydrogens (tertiary/aromatic N) is 1. The van der Waals surface area contributed by atoms with Gasteiger partial charge >= 0.3 is 5.97 Å². The SMILES string of the molecule is CCOC(=O)CN1C(=O)[C@@H](NC(=O)Cc2ccccc2)[C@H]1SCC(=O)c1ccccc1. The first kappa shape index (κ1) is 22.6. The third-order valence-corrected chi connectivity index (χ3v) is 6.05. The van der Waals surface area contributed by atoms with Crippen LogP contribution in [0.15, 0.2) is 60.7 Å². The number of ether oxygens (including phenoxy) is 1. The molecule has 0 radical (unpaired) electrons. The van der Waals surface area contributed by atoms with Gasteiger partial charge in [-0.3, -0.25) is 19.2 Å². The lowest BCUT2D eigenvalue weighted by molar-refractivity contribution is -0.157. The number of carbonyl (C=O) groups excluding carboxylic acids is 4. The highest BCUT2D eigenvalue weighted by atomic mass is 32.2. The van der Waals surface area contributed by atoms with Gasteiger partial charge in [0.1, 0.15) is 18.0 Å². The second-order valence-corrected chi connectivity index (χ2v) is 8.07. The third-order valence-electron chi connectivity index (χ3n) is 4.75. The van der Waals surface area contributed by atoms with Crippen molar-refractivity contribution in [2.75, 3.05) is 18.9 Å². The van der Waals surface area contributed by atoms with Crippen molar-refractivity contribution >= 4 is 35.3 Å². The quantitative estimate of drug-likeness (QED) is 0.345. The largest absolute Gasteiger partial charge is 0.465 e. The normalized spacial score (nSPS) is 17.6. The lowest BCUT2D eigenvalue weighted by Gasteiger charge is -2.46. The fraction of sp³-hybridized carbons (Fsp3) is 0.304. The molecule has 0 bridgehead atoms. The zero-order valence-corrected chi connectivity index (χ0v) is 18.0. The summed E-state index contributed by atoms with van der Waals surface area (Å²) in [4.78, 5) is 50.8. The molecule has 2 amide bonds. The molecule has 1 fully saturated rings. The summed E-state index contributed by atoms with van der Waals surface area (Å²) in [5.74, 6) is -1.15. The first-order chi connectivity index (χ1) is 15.0. The lowest BCUT2D eigenvalue weighted by atomic mass is 10.1. The number of nitrogens with one attached hydrogen (secondary N) is 1. The molecule has 2 aromatic rings. The zero-order chi connectivity index (χ0) is 22.2. The molecule has 8 heteroatoms. The smallest absolute Gasteiger partial charge is 0.325 e. The second-order valence-electron chi connectivity index (χ2n) is 6.97. The van der Waals surface area contributed by atoms with Gasteiger partial charge in [0.2, 0.25) is 11.8 Å². The molecule has 0 saturated carbocycles. The number of carbonyl (C=O) groups is 4. The number of ketones is 1. The fourth-order valence-electron chi connectivity index (χ4n) is 3.23. The molecule has 3 rings (SSSR count). The Kier molecular flexibility index (Phi) is 7.83. The topological polar surface area (TPSA) is 92.8 Å².